The maximum Gasteiger partial charge on any atom is 0.435 e. The molecule has 4 nitrogen and oxygen atoms in total. The molecular weight excluding hydrogens is 472 g/mol. The summed E-state index contributed by atoms with van der Waals surface area (Å²) in [5.41, 5.74) is -1.50. The maximum atomic E-state index is 14.1. The van der Waals surface area contributed by atoms with Crippen molar-refractivity contribution in [1.29, 1.82) is 0 Å². The number of thioether (sulfide) groups is 1. The monoisotopic (exact) mass is 488 g/mol. The lowest BCUT2D eigenvalue weighted by atomic mass is 9.86. The van der Waals surface area contributed by atoms with Gasteiger partial charge in [-0.1, -0.05) is 40.5 Å². The van der Waals surface area contributed by atoms with Crippen molar-refractivity contribution in [3.63, 3.8) is 0 Å². The lowest BCUT2D eigenvalue weighted by molar-refractivity contribution is -0.275. The number of nitrogens with one attached hydrogen (secondary N) is 1. The average molecular weight is 489 g/mol. The summed E-state index contributed by atoms with van der Waals surface area (Å²) < 4.78 is 42.4. The molecule has 2 aromatic carbocycles. The zero-order valence-electron chi connectivity index (χ0n) is 16.2. The predicted octanol–water partition coefficient (Wildman–Crippen LogP) is 5.73. The van der Waals surface area contributed by atoms with E-state index in [9.17, 15) is 18.0 Å². The summed E-state index contributed by atoms with van der Waals surface area (Å²) in [5.74, 6) is 1.38. The summed E-state index contributed by atoms with van der Waals surface area (Å²) in [5, 5.41) is 6.92. The standard InChI is InChI=1S/C21H17Cl2F3N2O2S/c1-11-4-13(7-14(22)5-11)20(21(24,25)26)8-18(28-30-20)12-2-3-16(17(23)6-12)19(29)27-15-9-31-10-15/h2-7,15H,8-10H2,1H3,(H,27,29). The van der Waals surface area contributed by atoms with Gasteiger partial charge < -0.3 is 10.2 Å². The molecule has 0 bridgehead atoms. The number of hydrogen-bond donors (Lipinski definition) is 1. The molecule has 0 radical (unpaired) electrons. The van der Waals surface area contributed by atoms with Crippen LogP contribution in [-0.4, -0.2) is 35.3 Å². The van der Waals surface area contributed by atoms with Crippen molar-refractivity contribution in [2.45, 2.75) is 31.2 Å². The molecule has 1 unspecified atom stereocenters. The maximum absolute atomic E-state index is 14.1. The number of halogens is 5. The number of carbonyl (C=O) groups excluding carboxylic acids is 1. The largest absolute Gasteiger partial charge is 0.435 e. The summed E-state index contributed by atoms with van der Waals surface area (Å²) in [7, 11) is 0. The Bertz CT molecular complexity index is 1050. The predicted molar refractivity (Wildman–Crippen MR) is 116 cm³/mol. The minimum atomic E-state index is -4.74. The topological polar surface area (TPSA) is 50.7 Å². The van der Waals surface area contributed by atoms with Gasteiger partial charge in [0.2, 0.25) is 0 Å². The van der Waals surface area contributed by atoms with E-state index in [0.717, 1.165) is 11.5 Å². The number of amides is 1. The number of rotatable bonds is 4. The summed E-state index contributed by atoms with van der Waals surface area (Å²) in [6, 6.07) is 8.74. The molecule has 2 aliphatic rings. The van der Waals surface area contributed by atoms with Crippen LogP contribution in [0.25, 0.3) is 0 Å². The Hall–Kier alpha value is -1.90. The van der Waals surface area contributed by atoms with Crippen molar-refractivity contribution in [1.82, 2.24) is 5.32 Å². The fourth-order valence-corrected chi connectivity index (χ4v) is 4.68. The van der Waals surface area contributed by atoms with Crippen molar-refractivity contribution >= 4 is 46.6 Å². The molecule has 4 rings (SSSR count). The van der Waals surface area contributed by atoms with E-state index in [-0.39, 0.29) is 38.8 Å². The van der Waals surface area contributed by atoms with Crippen molar-refractivity contribution in [3.05, 3.63) is 68.7 Å². The van der Waals surface area contributed by atoms with Gasteiger partial charge in [0, 0.05) is 40.1 Å². The molecule has 2 heterocycles. The van der Waals surface area contributed by atoms with Crippen LogP contribution in [0.2, 0.25) is 10.0 Å². The second kappa shape index (κ2) is 8.22. The molecule has 0 aliphatic carbocycles. The molecule has 1 saturated heterocycles. The highest BCUT2D eigenvalue weighted by molar-refractivity contribution is 8.00. The lowest BCUT2D eigenvalue weighted by Gasteiger charge is -2.30. The molecule has 0 aromatic heterocycles. The summed E-state index contributed by atoms with van der Waals surface area (Å²) >= 11 is 14.0. The molecular formula is C21H17Cl2F3N2O2S. The Labute approximate surface area is 191 Å². The van der Waals surface area contributed by atoms with Gasteiger partial charge in [-0.2, -0.15) is 24.9 Å². The Kier molecular flexibility index (Phi) is 5.91. The van der Waals surface area contributed by atoms with Crippen LogP contribution >= 0.6 is 35.0 Å². The fraction of sp³-hybridized carbons (Fsp3) is 0.333. The molecule has 1 amide bonds. The molecule has 0 saturated carbocycles. The van der Waals surface area contributed by atoms with Crippen molar-refractivity contribution < 1.29 is 22.8 Å². The SMILES string of the molecule is Cc1cc(Cl)cc(C2(C(F)(F)F)CC(c3ccc(C(=O)NC4CSC4)c(Cl)c3)=NO2)c1. The first-order chi connectivity index (χ1) is 14.6. The number of benzene rings is 2. The molecule has 0 spiro atoms. The molecule has 10 heteroatoms. The van der Waals surface area contributed by atoms with Crippen LogP contribution < -0.4 is 5.32 Å². The van der Waals surface area contributed by atoms with Gasteiger partial charge in [-0.15, -0.1) is 0 Å². The van der Waals surface area contributed by atoms with Crippen LogP contribution in [0.5, 0.6) is 0 Å². The van der Waals surface area contributed by atoms with Crippen LogP contribution in [0.1, 0.15) is 33.5 Å². The molecule has 2 aliphatic heterocycles. The number of carbonyl (C=O) groups is 1. The van der Waals surface area contributed by atoms with E-state index in [1.165, 1.54) is 30.3 Å². The molecule has 164 valence electrons. The zero-order chi connectivity index (χ0) is 22.4. The smallest absolute Gasteiger partial charge is 0.374 e. The van der Waals surface area contributed by atoms with Gasteiger partial charge in [-0.05, 0) is 36.8 Å². The number of oxime groups is 1. The van der Waals surface area contributed by atoms with E-state index in [1.54, 1.807) is 24.8 Å². The second-order valence-electron chi connectivity index (χ2n) is 7.55. The summed E-state index contributed by atoms with van der Waals surface area (Å²) in [6.07, 6.45) is -5.28. The van der Waals surface area contributed by atoms with Gasteiger partial charge in [0.15, 0.2) is 0 Å². The second-order valence-corrected chi connectivity index (χ2v) is 9.47. The van der Waals surface area contributed by atoms with E-state index < -0.39 is 18.2 Å². The Morgan fingerprint density at radius 3 is 2.55 bits per heavy atom. The number of alkyl halides is 3. The first kappa shape index (κ1) is 22.3. The number of nitrogens with zero attached hydrogens (tertiary/aromatic N) is 1. The quantitative estimate of drug-likeness (QED) is 0.597. The lowest BCUT2D eigenvalue weighted by Crippen LogP contribution is -2.43. The third-order valence-corrected chi connectivity index (χ3v) is 7.02. The molecule has 31 heavy (non-hydrogen) atoms. The van der Waals surface area contributed by atoms with Crippen LogP contribution in [0, 0.1) is 6.92 Å². The molecule has 2 aromatic rings. The average Bonchev–Trinajstić information content (AvgIpc) is 3.10. The van der Waals surface area contributed by atoms with Crippen molar-refractivity contribution in [2.24, 2.45) is 5.16 Å². The Morgan fingerprint density at radius 2 is 1.97 bits per heavy atom. The highest BCUT2D eigenvalue weighted by Gasteiger charge is 2.62. The third-order valence-electron chi connectivity index (χ3n) is 5.21. The van der Waals surface area contributed by atoms with Crippen LogP contribution in [0.3, 0.4) is 0 Å². The number of hydrogen-bond acceptors (Lipinski definition) is 4. The van der Waals surface area contributed by atoms with Gasteiger partial charge >= 0.3 is 6.18 Å². The van der Waals surface area contributed by atoms with Gasteiger partial charge in [-0.25, -0.2) is 0 Å². The van der Waals surface area contributed by atoms with E-state index in [4.69, 9.17) is 28.0 Å². The van der Waals surface area contributed by atoms with E-state index in [2.05, 4.69) is 10.5 Å². The first-order valence-electron chi connectivity index (χ1n) is 9.37. The number of aryl methyl sites for hydroxylation is 1. The Morgan fingerprint density at radius 1 is 1.23 bits per heavy atom. The first-order valence-corrected chi connectivity index (χ1v) is 11.3. The highest BCUT2D eigenvalue weighted by atomic mass is 35.5. The molecule has 1 fully saturated rings. The van der Waals surface area contributed by atoms with E-state index >= 15 is 0 Å². The van der Waals surface area contributed by atoms with Crippen molar-refractivity contribution in [2.75, 3.05) is 11.5 Å². The minimum absolute atomic E-state index is 0.0826. The van der Waals surface area contributed by atoms with Crippen LogP contribution in [0.15, 0.2) is 41.6 Å². The van der Waals surface area contributed by atoms with Gasteiger partial charge in [-0.3, -0.25) is 4.79 Å². The van der Waals surface area contributed by atoms with Crippen LogP contribution in [0.4, 0.5) is 13.2 Å². The van der Waals surface area contributed by atoms with E-state index in [0.29, 0.717) is 11.1 Å². The molecule has 1 atom stereocenters. The van der Waals surface area contributed by atoms with Gasteiger partial charge in [0.1, 0.15) is 0 Å². The van der Waals surface area contributed by atoms with Gasteiger partial charge in [0.25, 0.3) is 11.5 Å². The van der Waals surface area contributed by atoms with Gasteiger partial charge in [0.05, 0.1) is 16.3 Å². The Balaban J connectivity index is 1.61. The summed E-state index contributed by atoms with van der Waals surface area (Å²) in [6.45, 7) is 1.65. The minimum Gasteiger partial charge on any atom is -0.374 e. The third kappa shape index (κ3) is 4.25. The van der Waals surface area contributed by atoms with Crippen molar-refractivity contribution in [3.8, 4) is 0 Å². The molecule has 1 N–H and O–H groups in total. The zero-order valence-corrected chi connectivity index (χ0v) is 18.6. The van der Waals surface area contributed by atoms with E-state index in [1.807, 2.05) is 0 Å². The van der Waals surface area contributed by atoms with Crippen LogP contribution in [-0.2, 0) is 10.4 Å². The normalized spacial score (nSPS) is 21.3. The summed E-state index contributed by atoms with van der Waals surface area (Å²) in [4.78, 5) is 17.4. The highest BCUT2D eigenvalue weighted by Crippen LogP contribution is 2.49. The fourth-order valence-electron chi connectivity index (χ4n) is 3.49.